The van der Waals surface area contributed by atoms with Gasteiger partial charge in [0.05, 0.1) is 5.69 Å². The SMILES string of the molecule is CCCN1C(=O)C(=Cc2ccc3c(c2)OCO3)C(=O)N(c2ccccc2)C1=S. The van der Waals surface area contributed by atoms with Crippen LogP contribution >= 0.6 is 12.2 Å². The van der Waals surface area contributed by atoms with Gasteiger partial charge in [0, 0.05) is 6.54 Å². The van der Waals surface area contributed by atoms with E-state index in [1.807, 2.05) is 25.1 Å². The van der Waals surface area contributed by atoms with Gasteiger partial charge in [-0.15, -0.1) is 0 Å². The second kappa shape index (κ2) is 7.44. The molecule has 28 heavy (non-hydrogen) atoms. The van der Waals surface area contributed by atoms with Crippen molar-refractivity contribution >= 4 is 40.9 Å². The Morgan fingerprint density at radius 1 is 1.04 bits per heavy atom. The number of amides is 2. The number of carbonyl (C=O) groups is 2. The Balaban J connectivity index is 1.77. The van der Waals surface area contributed by atoms with E-state index in [0.29, 0.717) is 29.3 Å². The molecule has 0 unspecified atom stereocenters. The summed E-state index contributed by atoms with van der Waals surface area (Å²) in [5.41, 5.74) is 1.37. The van der Waals surface area contributed by atoms with Crippen molar-refractivity contribution in [1.29, 1.82) is 0 Å². The lowest BCUT2D eigenvalue weighted by atomic mass is 10.0. The Morgan fingerprint density at radius 3 is 2.54 bits per heavy atom. The number of ether oxygens (including phenoxy) is 2. The monoisotopic (exact) mass is 394 g/mol. The number of nitrogens with zero attached hydrogens (tertiary/aromatic N) is 2. The quantitative estimate of drug-likeness (QED) is 0.452. The van der Waals surface area contributed by atoms with E-state index >= 15 is 0 Å². The van der Waals surface area contributed by atoms with Crippen LogP contribution in [0.4, 0.5) is 5.69 Å². The molecule has 2 aromatic rings. The Hall–Kier alpha value is -3.19. The summed E-state index contributed by atoms with van der Waals surface area (Å²) in [7, 11) is 0. The van der Waals surface area contributed by atoms with Gasteiger partial charge < -0.3 is 9.47 Å². The molecule has 0 bridgehead atoms. The molecule has 2 aromatic carbocycles. The summed E-state index contributed by atoms with van der Waals surface area (Å²) < 4.78 is 10.7. The first-order valence-electron chi connectivity index (χ1n) is 8.97. The Morgan fingerprint density at radius 2 is 1.79 bits per heavy atom. The molecule has 2 heterocycles. The van der Waals surface area contributed by atoms with Crippen LogP contribution in [0.15, 0.2) is 54.1 Å². The van der Waals surface area contributed by atoms with E-state index in [-0.39, 0.29) is 23.4 Å². The van der Waals surface area contributed by atoms with Crippen LogP contribution in [0.2, 0.25) is 0 Å². The van der Waals surface area contributed by atoms with Crippen molar-refractivity contribution in [3.8, 4) is 11.5 Å². The normalized spacial score (nSPS) is 17.6. The molecule has 142 valence electrons. The second-order valence-electron chi connectivity index (χ2n) is 6.39. The Bertz CT molecular complexity index is 987. The molecule has 6 nitrogen and oxygen atoms in total. The standard InChI is InChI=1S/C21H18N2O4S/c1-2-10-22-19(24)16(11-14-8-9-17-18(12-14)27-13-26-17)20(25)23(21(22)28)15-6-4-3-5-7-15/h3-9,11-12H,2,10,13H2,1H3. The number of thiocarbonyl (C=S) groups is 1. The van der Waals surface area contributed by atoms with Gasteiger partial charge in [-0.05, 0) is 54.5 Å². The van der Waals surface area contributed by atoms with Crippen molar-refractivity contribution in [1.82, 2.24) is 4.90 Å². The number of rotatable bonds is 4. The summed E-state index contributed by atoms with van der Waals surface area (Å²) >= 11 is 5.48. The van der Waals surface area contributed by atoms with E-state index in [9.17, 15) is 9.59 Å². The van der Waals surface area contributed by atoms with Gasteiger partial charge in [0.2, 0.25) is 6.79 Å². The minimum absolute atomic E-state index is 0.0600. The van der Waals surface area contributed by atoms with Crippen LogP contribution in [0.3, 0.4) is 0 Å². The number of benzene rings is 2. The molecule has 0 radical (unpaired) electrons. The summed E-state index contributed by atoms with van der Waals surface area (Å²) in [5.74, 6) is 0.405. The minimum Gasteiger partial charge on any atom is -0.454 e. The first-order chi connectivity index (χ1) is 13.6. The molecule has 2 aliphatic rings. The molecule has 0 atom stereocenters. The van der Waals surface area contributed by atoms with Crippen LogP contribution < -0.4 is 14.4 Å². The van der Waals surface area contributed by atoms with Crippen molar-refractivity contribution in [3.63, 3.8) is 0 Å². The highest BCUT2D eigenvalue weighted by Gasteiger charge is 2.39. The zero-order valence-corrected chi connectivity index (χ0v) is 16.1. The van der Waals surface area contributed by atoms with Crippen LogP contribution in [0, 0.1) is 0 Å². The van der Waals surface area contributed by atoms with Crippen molar-refractivity contribution in [2.45, 2.75) is 13.3 Å². The van der Waals surface area contributed by atoms with Gasteiger partial charge >= 0.3 is 0 Å². The number of para-hydroxylation sites is 1. The predicted molar refractivity (Wildman–Crippen MR) is 109 cm³/mol. The number of fused-ring (bicyclic) bond motifs is 1. The topological polar surface area (TPSA) is 59.1 Å². The summed E-state index contributed by atoms with van der Waals surface area (Å²) in [6, 6.07) is 14.4. The van der Waals surface area contributed by atoms with Gasteiger partial charge in [-0.2, -0.15) is 0 Å². The fraction of sp³-hybridized carbons (Fsp3) is 0.190. The summed E-state index contributed by atoms with van der Waals surface area (Å²) in [5, 5.41) is 0.200. The predicted octanol–water partition coefficient (Wildman–Crippen LogP) is 3.37. The maximum absolute atomic E-state index is 13.2. The molecule has 2 aliphatic heterocycles. The molecule has 0 aliphatic carbocycles. The van der Waals surface area contributed by atoms with Crippen LogP contribution in [0.5, 0.6) is 11.5 Å². The van der Waals surface area contributed by atoms with E-state index in [4.69, 9.17) is 21.7 Å². The fourth-order valence-electron chi connectivity index (χ4n) is 3.17. The minimum atomic E-state index is -0.439. The van der Waals surface area contributed by atoms with E-state index in [0.717, 1.165) is 6.42 Å². The third-order valence-electron chi connectivity index (χ3n) is 4.50. The molecule has 7 heteroatoms. The molecule has 1 fully saturated rings. The highest BCUT2D eigenvalue weighted by molar-refractivity contribution is 7.80. The van der Waals surface area contributed by atoms with Crippen molar-refractivity contribution < 1.29 is 19.1 Å². The number of carbonyl (C=O) groups excluding carboxylic acids is 2. The lowest BCUT2D eigenvalue weighted by Gasteiger charge is -2.36. The molecular weight excluding hydrogens is 376 g/mol. The molecule has 0 N–H and O–H groups in total. The summed E-state index contributed by atoms with van der Waals surface area (Å²) in [6.45, 7) is 2.56. The smallest absolute Gasteiger partial charge is 0.270 e. The highest BCUT2D eigenvalue weighted by Crippen LogP contribution is 2.34. The van der Waals surface area contributed by atoms with Crippen LogP contribution in [-0.4, -0.2) is 35.2 Å². The molecule has 0 spiro atoms. The van der Waals surface area contributed by atoms with Gasteiger partial charge in [0.25, 0.3) is 11.8 Å². The largest absolute Gasteiger partial charge is 0.454 e. The molecule has 2 amide bonds. The van der Waals surface area contributed by atoms with Crippen molar-refractivity contribution in [2.24, 2.45) is 0 Å². The van der Waals surface area contributed by atoms with Gasteiger partial charge in [-0.1, -0.05) is 31.2 Å². The Labute approximate surface area is 168 Å². The maximum Gasteiger partial charge on any atom is 0.270 e. The maximum atomic E-state index is 13.2. The second-order valence-corrected chi connectivity index (χ2v) is 6.75. The van der Waals surface area contributed by atoms with E-state index < -0.39 is 5.91 Å². The Kier molecular flexibility index (Phi) is 4.83. The van der Waals surface area contributed by atoms with Gasteiger partial charge in [0.15, 0.2) is 16.6 Å². The van der Waals surface area contributed by atoms with Gasteiger partial charge in [0.1, 0.15) is 5.57 Å². The fourth-order valence-corrected chi connectivity index (χ4v) is 3.53. The summed E-state index contributed by atoms with van der Waals surface area (Å²) in [6.07, 6.45) is 2.30. The number of hydrogen-bond donors (Lipinski definition) is 0. The van der Waals surface area contributed by atoms with Crippen LogP contribution in [0.25, 0.3) is 6.08 Å². The third kappa shape index (κ3) is 3.14. The molecular formula is C21H18N2O4S. The first kappa shape index (κ1) is 18.2. The van der Waals surface area contributed by atoms with Crippen LogP contribution in [0.1, 0.15) is 18.9 Å². The molecule has 4 rings (SSSR count). The average molecular weight is 394 g/mol. The van der Waals surface area contributed by atoms with Gasteiger partial charge in [-0.3, -0.25) is 19.4 Å². The van der Waals surface area contributed by atoms with E-state index in [2.05, 4.69) is 0 Å². The molecule has 0 aromatic heterocycles. The number of hydrogen-bond acceptors (Lipinski definition) is 5. The lowest BCUT2D eigenvalue weighted by molar-refractivity contribution is -0.127. The zero-order valence-electron chi connectivity index (χ0n) is 15.3. The van der Waals surface area contributed by atoms with Crippen molar-refractivity contribution in [3.05, 3.63) is 59.7 Å². The van der Waals surface area contributed by atoms with Gasteiger partial charge in [-0.25, -0.2) is 0 Å². The first-order valence-corrected chi connectivity index (χ1v) is 9.37. The average Bonchev–Trinajstić information content (AvgIpc) is 3.17. The number of anilines is 1. The van der Waals surface area contributed by atoms with E-state index in [1.54, 1.807) is 36.4 Å². The third-order valence-corrected chi connectivity index (χ3v) is 4.90. The van der Waals surface area contributed by atoms with Crippen LogP contribution in [-0.2, 0) is 9.59 Å². The molecule has 0 saturated carbocycles. The lowest BCUT2D eigenvalue weighted by Crippen LogP contribution is -2.56. The highest BCUT2D eigenvalue weighted by atomic mass is 32.1. The summed E-state index contributed by atoms with van der Waals surface area (Å²) in [4.78, 5) is 29.1. The molecule has 1 saturated heterocycles. The van der Waals surface area contributed by atoms with Crippen molar-refractivity contribution in [2.75, 3.05) is 18.2 Å². The van der Waals surface area contributed by atoms with E-state index in [1.165, 1.54) is 9.80 Å². The zero-order chi connectivity index (χ0) is 19.7.